The van der Waals surface area contributed by atoms with Gasteiger partial charge >= 0.3 is 0 Å². The highest BCUT2D eigenvalue weighted by Gasteiger charge is 2.21. The summed E-state index contributed by atoms with van der Waals surface area (Å²) in [6, 6.07) is 1.24. The Labute approximate surface area is 111 Å². The summed E-state index contributed by atoms with van der Waals surface area (Å²) < 4.78 is 66.4. The van der Waals surface area contributed by atoms with Crippen LogP contribution in [0.3, 0.4) is 0 Å². The normalized spacial score (nSPS) is 12.6. The van der Waals surface area contributed by atoms with Crippen molar-refractivity contribution in [2.45, 2.75) is 13.0 Å². The number of benzene rings is 2. The van der Waals surface area contributed by atoms with E-state index in [0.717, 1.165) is 6.07 Å². The number of hydrogen-bond donors (Lipinski definition) is 1. The maximum Gasteiger partial charge on any atom is 0.161 e. The van der Waals surface area contributed by atoms with E-state index in [9.17, 15) is 22.0 Å². The Bertz CT molecular complexity index is 612. The molecule has 2 rings (SSSR count). The molecule has 2 aromatic rings. The second kappa shape index (κ2) is 5.20. The summed E-state index contributed by atoms with van der Waals surface area (Å²) in [6.07, 6.45) is 0. The van der Waals surface area contributed by atoms with E-state index < -0.39 is 40.7 Å². The standard InChI is InChI=1S/C14H10F5N/c1-6-2-7(10(16)4-9(6)15)14(20)8-3-12(18)13(19)5-11(8)17/h2-5,14H,20H2,1H3. The lowest BCUT2D eigenvalue weighted by Gasteiger charge is -2.15. The predicted molar refractivity (Wildman–Crippen MR) is 63.4 cm³/mol. The van der Waals surface area contributed by atoms with Crippen molar-refractivity contribution in [3.8, 4) is 0 Å². The SMILES string of the molecule is Cc1cc(C(N)c2cc(F)c(F)cc2F)c(F)cc1F. The van der Waals surface area contributed by atoms with Crippen LogP contribution in [-0.4, -0.2) is 0 Å². The van der Waals surface area contributed by atoms with E-state index in [4.69, 9.17) is 5.73 Å². The van der Waals surface area contributed by atoms with Crippen molar-refractivity contribution < 1.29 is 22.0 Å². The molecule has 0 aromatic heterocycles. The summed E-state index contributed by atoms with van der Waals surface area (Å²) in [5.41, 5.74) is 5.17. The third kappa shape index (κ3) is 2.51. The molecule has 1 unspecified atom stereocenters. The molecular formula is C14H10F5N. The van der Waals surface area contributed by atoms with Crippen LogP contribution in [0.15, 0.2) is 24.3 Å². The van der Waals surface area contributed by atoms with Gasteiger partial charge in [0.2, 0.25) is 0 Å². The van der Waals surface area contributed by atoms with E-state index >= 15 is 0 Å². The average Bonchev–Trinajstić information content (AvgIpc) is 2.37. The quantitative estimate of drug-likeness (QED) is 0.661. The molecule has 6 heteroatoms. The highest BCUT2D eigenvalue weighted by Crippen LogP contribution is 2.27. The first-order valence-corrected chi connectivity index (χ1v) is 5.66. The lowest BCUT2D eigenvalue weighted by Crippen LogP contribution is -2.16. The number of halogens is 5. The summed E-state index contributed by atoms with van der Waals surface area (Å²) in [5.74, 6) is -5.52. The fourth-order valence-corrected chi connectivity index (χ4v) is 1.86. The van der Waals surface area contributed by atoms with Crippen LogP contribution in [0.25, 0.3) is 0 Å². The molecule has 0 fully saturated rings. The van der Waals surface area contributed by atoms with E-state index in [1.165, 1.54) is 6.92 Å². The number of nitrogens with two attached hydrogens (primary N) is 1. The Morgan fingerprint density at radius 1 is 0.700 bits per heavy atom. The molecule has 106 valence electrons. The summed E-state index contributed by atoms with van der Waals surface area (Å²) in [4.78, 5) is 0. The van der Waals surface area contributed by atoms with Crippen molar-refractivity contribution in [3.05, 3.63) is 70.0 Å². The molecule has 20 heavy (non-hydrogen) atoms. The summed E-state index contributed by atoms with van der Waals surface area (Å²) in [6.45, 7) is 1.38. The topological polar surface area (TPSA) is 26.0 Å². The zero-order chi connectivity index (χ0) is 15.0. The number of hydrogen-bond acceptors (Lipinski definition) is 1. The van der Waals surface area contributed by atoms with Gasteiger partial charge < -0.3 is 5.73 Å². The summed E-state index contributed by atoms with van der Waals surface area (Å²) in [5, 5.41) is 0. The minimum atomic E-state index is -1.37. The van der Waals surface area contributed by atoms with Gasteiger partial charge in [-0.2, -0.15) is 0 Å². The third-order valence-corrected chi connectivity index (χ3v) is 2.99. The first kappa shape index (κ1) is 14.5. The van der Waals surface area contributed by atoms with Crippen LogP contribution >= 0.6 is 0 Å². The maximum absolute atomic E-state index is 13.7. The Morgan fingerprint density at radius 3 is 1.75 bits per heavy atom. The molecule has 0 amide bonds. The molecule has 0 aliphatic heterocycles. The molecule has 0 aliphatic rings. The van der Waals surface area contributed by atoms with E-state index in [1.807, 2.05) is 0 Å². The van der Waals surface area contributed by atoms with Gasteiger partial charge in [-0.05, 0) is 24.6 Å². The lowest BCUT2D eigenvalue weighted by molar-refractivity contribution is 0.486. The van der Waals surface area contributed by atoms with Gasteiger partial charge in [0.1, 0.15) is 17.5 Å². The molecule has 0 radical (unpaired) electrons. The minimum Gasteiger partial charge on any atom is -0.320 e. The number of rotatable bonds is 2. The molecule has 1 atom stereocenters. The van der Waals surface area contributed by atoms with Crippen molar-refractivity contribution in [3.63, 3.8) is 0 Å². The first-order chi connectivity index (χ1) is 9.31. The van der Waals surface area contributed by atoms with Gasteiger partial charge in [-0.1, -0.05) is 0 Å². The van der Waals surface area contributed by atoms with E-state index in [0.29, 0.717) is 18.2 Å². The zero-order valence-electron chi connectivity index (χ0n) is 10.4. The molecule has 0 saturated heterocycles. The summed E-state index contributed by atoms with van der Waals surface area (Å²) in [7, 11) is 0. The Hall–Kier alpha value is -1.95. The first-order valence-electron chi connectivity index (χ1n) is 5.66. The van der Waals surface area contributed by atoms with Crippen LogP contribution in [0.4, 0.5) is 22.0 Å². The monoisotopic (exact) mass is 287 g/mol. The van der Waals surface area contributed by atoms with Gasteiger partial charge in [0.15, 0.2) is 11.6 Å². The van der Waals surface area contributed by atoms with Crippen LogP contribution in [0.1, 0.15) is 22.7 Å². The van der Waals surface area contributed by atoms with Crippen LogP contribution in [0.5, 0.6) is 0 Å². The van der Waals surface area contributed by atoms with Crippen molar-refractivity contribution in [2.75, 3.05) is 0 Å². The molecule has 0 saturated carbocycles. The fourth-order valence-electron chi connectivity index (χ4n) is 1.86. The number of aryl methyl sites for hydroxylation is 1. The molecule has 0 heterocycles. The van der Waals surface area contributed by atoms with Crippen molar-refractivity contribution >= 4 is 0 Å². The Kier molecular flexibility index (Phi) is 3.76. The minimum absolute atomic E-state index is 0.111. The average molecular weight is 287 g/mol. The van der Waals surface area contributed by atoms with E-state index in [2.05, 4.69) is 0 Å². The second-order valence-electron chi connectivity index (χ2n) is 4.39. The Morgan fingerprint density at radius 2 is 1.15 bits per heavy atom. The highest BCUT2D eigenvalue weighted by atomic mass is 19.2. The molecule has 0 spiro atoms. The van der Waals surface area contributed by atoms with Gasteiger partial charge in [0.05, 0.1) is 6.04 Å². The fraction of sp³-hybridized carbons (Fsp3) is 0.143. The smallest absolute Gasteiger partial charge is 0.161 e. The lowest BCUT2D eigenvalue weighted by atomic mass is 9.96. The van der Waals surface area contributed by atoms with Crippen LogP contribution in [0, 0.1) is 36.0 Å². The maximum atomic E-state index is 13.7. The predicted octanol–water partition coefficient (Wildman–Crippen LogP) is 3.74. The van der Waals surface area contributed by atoms with Crippen molar-refractivity contribution in [2.24, 2.45) is 5.73 Å². The molecule has 0 aliphatic carbocycles. The van der Waals surface area contributed by atoms with E-state index in [-0.39, 0.29) is 11.1 Å². The molecule has 2 N–H and O–H groups in total. The molecule has 0 bridgehead atoms. The van der Waals surface area contributed by atoms with Crippen LogP contribution in [-0.2, 0) is 0 Å². The van der Waals surface area contributed by atoms with E-state index in [1.54, 1.807) is 0 Å². The van der Waals surface area contributed by atoms with Crippen LogP contribution < -0.4 is 5.73 Å². The highest BCUT2D eigenvalue weighted by molar-refractivity contribution is 5.36. The second-order valence-corrected chi connectivity index (χ2v) is 4.39. The summed E-state index contributed by atoms with van der Waals surface area (Å²) >= 11 is 0. The van der Waals surface area contributed by atoms with Crippen molar-refractivity contribution in [1.29, 1.82) is 0 Å². The Balaban J connectivity index is 2.54. The third-order valence-electron chi connectivity index (χ3n) is 2.99. The van der Waals surface area contributed by atoms with Gasteiger partial charge in [-0.15, -0.1) is 0 Å². The van der Waals surface area contributed by atoms with Crippen LogP contribution in [0.2, 0.25) is 0 Å². The van der Waals surface area contributed by atoms with Gasteiger partial charge in [0, 0.05) is 23.3 Å². The van der Waals surface area contributed by atoms with Gasteiger partial charge in [-0.3, -0.25) is 0 Å². The molecule has 1 nitrogen and oxygen atoms in total. The van der Waals surface area contributed by atoms with Gasteiger partial charge in [0.25, 0.3) is 0 Å². The van der Waals surface area contributed by atoms with Crippen molar-refractivity contribution in [1.82, 2.24) is 0 Å². The molecular weight excluding hydrogens is 277 g/mol. The zero-order valence-corrected chi connectivity index (χ0v) is 10.4. The van der Waals surface area contributed by atoms with Gasteiger partial charge in [-0.25, -0.2) is 22.0 Å². The largest absolute Gasteiger partial charge is 0.320 e. The molecule has 2 aromatic carbocycles.